The van der Waals surface area contributed by atoms with E-state index in [1.54, 1.807) is 0 Å². The zero-order chi connectivity index (χ0) is 12.8. The molecule has 0 unspecified atom stereocenters. The third-order valence-electron chi connectivity index (χ3n) is 3.94. The maximum atomic E-state index is 12.2. The van der Waals surface area contributed by atoms with Crippen molar-refractivity contribution in [1.82, 2.24) is 5.32 Å². The number of carbonyl (C=O) groups is 1. The minimum absolute atomic E-state index is 0.0907. The fourth-order valence-electron chi connectivity index (χ4n) is 2.92. The van der Waals surface area contributed by atoms with Crippen LogP contribution in [0.15, 0.2) is 0 Å². The summed E-state index contributed by atoms with van der Waals surface area (Å²) in [6, 6.07) is 0.387. The fraction of sp³-hybridized carbons (Fsp3) is 0.929. The Hall–Kier alpha value is -0.220. The van der Waals surface area contributed by atoms with Gasteiger partial charge in [-0.25, -0.2) is 0 Å². The molecule has 0 aromatic rings. The summed E-state index contributed by atoms with van der Waals surface area (Å²) < 4.78 is 5.40. The summed E-state index contributed by atoms with van der Waals surface area (Å²) in [5.74, 6) is 1.46. The highest BCUT2D eigenvalue weighted by Gasteiger charge is 2.29. The van der Waals surface area contributed by atoms with E-state index >= 15 is 0 Å². The summed E-state index contributed by atoms with van der Waals surface area (Å²) in [6.07, 6.45) is 6.99. The van der Waals surface area contributed by atoms with Crippen LogP contribution < -0.4 is 5.32 Å². The third-order valence-corrected chi connectivity index (χ3v) is 5.27. The molecule has 1 aliphatic heterocycles. The normalized spacial score (nSPS) is 33.1. The van der Waals surface area contributed by atoms with Crippen molar-refractivity contribution in [2.24, 2.45) is 5.92 Å². The van der Waals surface area contributed by atoms with Crippen LogP contribution in [-0.2, 0) is 9.53 Å². The van der Waals surface area contributed by atoms with Gasteiger partial charge in [0, 0.05) is 17.9 Å². The van der Waals surface area contributed by atoms with Crippen LogP contribution in [-0.4, -0.2) is 36.2 Å². The Morgan fingerprint density at radius 2 is 2.11 bits per heavy atom. The molecule has 0 bridgehead atoms. The minimum atomic E-state index is 0.0907. The Morgan fingerprint density at radius 3 is 2.83 bits per heavy atom. The number of amides is 1. The summed E-state index contributed by atoms with van der Waals surface area (Å²) >= 11 is 2.00. The molecule has 1 saturated heterocycles. The van der Waals surface area contributed by atoms with Gasteiger partial charge < -0.3 is 10.1 Å². The molecule has 2 aliphatic rings. The molecule has 1 heterocycles. The molecule has 18 heavy (non-hydrogen) atoms. The van der Waals surface area contributed by atoms with Crippen molar-refractivity contribution in [2.75, 3.05) is 19.0 Å². The quantitative estimate of drug-likeness (QED) is 0.854. The zero-order valence-corrected chi connectivity index (χ0v) is 12.1. The first kappa shape index (κ1) is 14.2. The van der Waals surface area contributed by atoms with Gasteiger partial charge >= 0.3 is 0 Å². The molecule has 104 valence electrons. The second-order valence-corrected chi connectivity index (χ2v) is 6.82. The summed E-state index contributed by atoms with van der Waals surface area (Å²) in [5, 5.41) is 3.91. The Balaban J connectivity index is 1.83. The van der Waals surface area contributed by atoms with E-state index in [1.165, 1.54) is 19.3 Å². The molecule has 1 amide bonds. The van der Waals surface area contributed by atoms with E-state index in [1.807, 2.05) is 11.8 Å². The van der Waals surface area contributed by atoms with Crippen LogP contribution in [0.3, 0.4) is 0 Å². The number of ether oxygens (including phenoxy) is 1. The highest BCUT2D eigenvalue weighted by molar-refractivity contribution is 7.99. The number of nitrogens with one attached hydrogen (secondary N) is 1. The lowest BCUT2D eigenvalue weighted by Gasteiger charge is -2.33. The Morgan fingerprint density at radius 1 is 1.28 bits per heavy atom. The monoisotopic (exact) mass is 271 g/mol. The van der Waals surface area contributed by atoms with Crippen molar-refractivity contribution in [2.45, 2.75) is 56.7 Å². The largest absolute Gasteiger partial charge is 0.381 e. The number of hydrogen-bond donors (Lipinski definition) is 1. The Labute approximate surface area is 114 Å². The van der Waals surface area contributed by atoms with E-state index in [2.05, 4.69) is 12.2 Å². The molecule has 1 aliphatic carbocycles. The molecule has 0 spiro atoms. The molecule has 2 rings (SSSR count). The Bertz CT molecular complexity index is 265. The van der Waals surface area contributed by atoms with Gasteiger partial charge in [-0.1, -0.05) is 19.8 Å². The van der Waals surface area contributed by atoms with E-state index in [0.717, 1.165) is 31.6 Å². The van der Waals surface area contributed by atoms with Crippen molar-refractivity contribution in [3.05, 3.63) is 0 Å². The second kappa shape index (κ2) is 7.39. The maximum Gasteiger partial charge on any atom is 0.225 e. The highest BCUT2D eigenvalue weighted by Crippen LogP contribution is 2.29. The summed E-state index contributed by atoms with van der Waals surface area (Å²) in [5.41, 5.74) is 0. The SMILES string of the molecule is CCS[C@@H]1CCCC[C@@H]1NC(=O)[C@@H]1CCCOC1. The molecule has 4 heteroatoms. The maximum absolute atomic E-state index is 12.2. The first-order valence-electron chi connectivity index (χ1n) is 7.31. The minimum Gasteiger partial charge on any atom is -0.381 e. The lowest BCUT2D eigenvalue weighted by molar-refractivity contribution is -0.129. The van der Waals surface area contributed by atoms with E-state index in [9.17, 15) is 4.79 Å². The topological polar surface area (TPSA) is 38.3 Å². The molecular weight excluding hydrogens is 246 g/mol. The molecule has 3 nitrogen and oxygen atoms in total. The van der Waals surface area contributed by atoms with Crippen LogP contribution in [0.4, 0.5) is 0 Å². The molecule has 0 aromatic carbocycles. The molecule has 0 radical (unpaired) electrons. The van der Waals surface area contributed by atoms with Gasteiger partial charge in [0.25, 0.3) is 0 Å². The first-order chi connectivity index (χ1) is 8.81. The van der Waals surface area contributed by atoms with E-state index in [4.69, 9.17) is 4.74 Å². The van der Waals surface area contributed by atoms with Crippen LogP contribution in [0.5, 0.6) is 0 Å². The van der Waals surface area contributed by atoms with Gasteiger partial charge in [0.15, 0.2) is 0 Å². The van der Waals surface area contributed by atoms with Crippen molar-refractivity contribution in [1.29, 1.82) is 0 Å². The van der Waals surface area contributed by atoms with Crippen molar-refractivity contribution < 1.29 is 9.53 Å². The van der Waals surface area contributed by atoms with Gasteiger partial charge in [-0.2, -0.15) is 11.8 Å². The standard InChI is InChI=1S/C14H25NO2S/c1-2-18-13-8-4-3-7-12(13)15-14(16)11-6-5-9-17-10-11/h11-13H,2-10H2,1H3,(H,15,16)/t11-,12+,13-/m1/s1. The van der Waals surface area contributed by atoms with Crippen LogP contribution in [0.2, 0.25) is 0 Å². The summed E-state index contributed by atoms with van der Waals surface area (Å²) in [4.78, 5) is 12.2. The zero-order valence-electron chi connectivity index (χ0n) is 11.3. The highest BCUT2D eigenvalue weighted by atomic mass is 32.2. The van der Waals surface area contributed by atoms with Crippen molar-refractivity contribution in [3.63, 3.8) is 0 Å². The van der Waals surface area contributed by atoms with Crippen molar-refractivity contribution in [3.8, 4) is 0 Å². The summed E-state index contributed by atoms with van der Waals surface area (Å²) in [6.45, 7) is 3.64. The average Bonchev–Trinajstić information content (AvgIpc) is 2.42. The number of hydrogen-bond acceptors (Lipinski definition) is 3. The molecule has 0 aromatic heterocycles. The fourth-order valence-corrected chi connectivity index (χ4v) is 4.12. The number of thioether (sulfide) groups is 1. The first-order valence-corrected chi connectivity index (χ1v) is 8.36. The lowest BCUT2D eigenvalue weighted by Crippen LogP contribution is -2.47. The van der Waals surface area contributed by atoms with Crippen LogP contribution in [0.1, 0.15) is 45.4 Å². The van der Waals surface area contributed by atoms with E-state index in [-0.39, 0.29) is 11.8 Å². The van der Waals surface area contributed by atoms with Gasteiger partial charge in [-0.3, -0.25) is 4.79 Å². The second-order valence-electron chi connectivity index (χ2n) is 5.31. The van der Waals surface area contributed by atoms with Gasteiger partial charge in [0.1, 0.15) is 0 Å². The predicted molar refractivity (Wildman–Crippen MR) is 75.9 cm³/mol. The van der Waals surface area contributed by atoms with Crippen LogP contribution in [0.25, 0.3) is 0 Å². The van der Waals surface area contributed by atoms with Gasteiger partial charge in [0.2, 0.25) is 5.91 Å². The molecule has 1 saturated carbocycles. The number of rotatable bonds is 4. The van der Waals surface area contributed by atoms with E-state index < -0.39 is 0 Å². The third kappa shape index (κ3) is 3.89. The van der Waals surface area contributed by atoms with E-state index in [0.29, 0.717) is 17.9 Å². The molecular formula is C14H25NO2S. The lowest BCUT2D eigenvalue weighted by atomic mass is 9.93. The van der Waals surface area contributed by atoms with Crippen LogP contribution in [0, 0.1) is 5.92 Å². The Kier molecular flexibility index (Phi) is 5.83. The predicted octanol–water partition coefficient (Wildman–Crippen LogP) is 2.59. The smallest absolute Gasteiger partial charge is 0.225 e. The average molecular weight is 271 g/mol. The molecule has 3 atom stereocenters. The molecule has 2 fully saturated rings. The molecule has 1 N–H and O–H groups in total. The number of carbonyl (C=O) groups excluding carboxylic acids is 1. The van der Waals surface area contributed by atoms with Crippen LogP contribution >= 0.6 is 11.8 Å². The van der Waals surface area contributed by atoms with Gasteiger partial charge in [-0.15, -0.1) is 0 Å². The van der Waals surface area contributed by atoms with Gasteiger partial charge in [-0.05, 0) is 31.4 Å². The summed E-state index contributed by atoms with van der Waals surface area (Å²) in [7, 11) is 0. The van der Waals surface area contributed by atoms with Crippen molar-refractivity contribution >= 4 is 17.7 Å². The van der Waals surface area contributed by atoms with Gasteiger partial charge in [0.05, 0.1) is 12.5 Å².